The van der Waals surface area contributed by atoms with Crippen LogP contribution in [0.15, 0.2) is 29.6 Å². The first-order valence-corrected chi connectivity index (χ1v) is 6.43. The summed E-state index contributed by atoms with van der Waals surface area (Å²) in [6.45, 7) is 0. The van der Waals surface area contributed by atoms with Crippen molar-refractivity contribution in [3.8, 4) is 0 Å². The number of benzene rings is 1. The number of nitrogens with one attached hydrogen (secondary N) is 1. The molecular formula is C13H11FN2O3S. The molecule has 0 bridgehead atoms. The third-order valence-corrected chi connectivity index (χ3v) is 3.47. The van der Waals surface area contributed by atoms with Gasteiger partial charge in [0.05, 0.1) is 24.0 Å². The van der Waals surface area contributed by atoms with Gasteiger partial charge in [0.2, 0.25) is 0 Å². The van der Waals surface area contributed by atoms with E-state index in [1.54, 1.807) is 11.4 Å². The molecule has 0 aliphatic heterocycles. The van der Waals surface area contributed by atoms with Crippen molar-refractivity contribution in [2.45, 2.75) is 0 Å². The maximum atomic E-state index is 13.6. The molecule has 0 aliphatic carbocycles. The van der Waals surface area contributed by atoms with Gasteiger partial charge in [0, 0.05) is 0 Å². The fraction of sp³-hybridized carbons (Fsp3) is 0.0769. The Kier molecular flexibility index (Phi) is 3.99. The van der Waals surface area contributed by atoms with Gasteiger partial charge in [-0.2, -0.15) is 0 Å². The summed E-state index contributed by atoms with van der Waals surface area (Å²) < 4.78 is 18.2. The Bertz CT molecular complexity index is 669. The molecule has 2 rings (SSSR count). The fourth-order valence-electron chi connectivity index (χ4n) is 1.55. The molecule has 20 heavy (non-hydrogen) atoms. The minimum absolute atomic E-state index is 0.106. The van der Waals surface area contributed by atoms with Crippen LogP contribution in [-0.4, -0.2) is 19.0 Å². The summed E-state index contributed by atoms with van der Waals surface area (Å²) in [5, 5.41) is 4.04. The van der Waals surface area contributed by atoms with E-state index in [4.69, 9.17) is 5.73 Å². The van der Waals surface area contributed by atoms with Crippen molar-refractivity contribution in [3.05, 3.63) is 45.9 Å². The molecule has 1 aromatic carbocycles. The number of carbonyl (C=O) groups is 2. The lowest BCUT2D eigenvalue weighted by Gasteiger charge is -2.07. The Morgan fingerprint density at radius 1 is 1.35 bits per heavy atom. The van der Waals surface area contributed by atoms with Gasteiger partial charge in [-0.15, -0.1) is 11.3 Å². The molecule has 7 heteroatoms. The van der Waals surface area contributed by atoms with Crippen LogP contribution in [0, 0.1) is 5.82 Å². The molecule has 5 nitrogen and oxygen atoms in total. The first-order valence-electron chi connectivity index (χ1n) is 5.55. The number of halogens is 1. The second-order valence-corrected chi connectivity index (χ2v) is 4.76. The summed E-state index contributed by atoms with van der Waals surface area (Å²) in [6, 6.07) is 5.15. The summed E-state index contributed by atoms with van der Waals surface area (Å²) in [4.78, 5) is 23.6. The molecule has 104 valence electrons. The number of nitrogen functional groups attached to an aromatic ring is 1. The van der Waals surface area contributed by atoms with Gasteiger partial charge in [-0.25, -0.2) is 9.18 Å². The molecule has 0 saturated carbocycles. The number of ether oxygens (including phenoxy) is 1. The van der Waals surface area contributed by atoms with E-state index in [9.17, 15) is 14.0 Å². The van der Waals surface area contributed by atoms with E-state index in [1.807, 2.05) is 0 Å². The summed E-state index contributed by atoms with van der Waals surface area (Å²) in [5.74, 6) is -1.80. The monoisotopic (exact) mass is 294 g/mol. The second kappa shape index (κ2) is 5.70. The SMILES string of the molecule is COC(=O)c1ccc(F)c(NC(=O)c2sccc2N)c1. The van der Waals surface area contributed by atoms with Gasteiger partial charge in [0.15, 0.2) is 0 Å². The van der Waals surface area contributed by atoms with Crippen molar-refractivity contribution < 1.29 is 18.7 Å². The van der Waals surface area contributed by atoms with Gasteiger partial charge in [-0.05, 0) is 29.6 Å². The molecule has 0 saturated heterocycles. The molecule has 0 unspecified atom stereocenters. The lowest BCUT2D eigenvalue weighted by Crippen LogP contribution is -2.14. The van der Waals surface area contributed by atoms with Crippen LogP contribution in [0.3, 0.4) is 0 Å². The van der Waals surface area contributed by atoms with Crippen molar-refractivity contribution in [1.29, 1.82) is 0 Å². The lowest BCUT2D eigenvalue weighted by atomic mass is 10.2. The molecule has 1 aromatic heterocycles. The average molecular weight is 294 g/mol. The normalized spacial score (nSPS) is 10.1. The Balaban J connectivity index is 2.27. The molecule has 1 amide bonds. The smallest absolute Gasteiger partial charge is 0.337 e. The number of nitrogens with two attached hydrogens (primary N) is 1. The highest BCUT2D eigenvalue weighted by Crippen LogP contribution is 2.22. The van der Waals surface area contributed by atoms with Gasteiger partial charge < -0.3 is 15.8 Å². The molecule has 1 heterocycles. The zero-order chi connectivity index (χ0) is 14.7. The van der Waals surface area contributed by atoms with Gasteiger partial charge >= 0.3 is 5.97 Å². The van der Waals surface area contributed by atoms with Gasteiger partial charge in [0.25, 0.3) is 5.91 Å². The summed E-state index contributed by atoms with van der Waals surface area (Å²) in [6.07, 6.45) is 0. The third kappa shape index (κ3) is 2.77. The van der Waals surface area contributed by atoms with E-state index in [0.29, 0.717) is 5.69 Å². The van der Waals surface area contributed by atoms with Crippen molar-refractivity contribution in [2.75, 3.05) is 18.2 Å². The van der Waals surface area contributed by atoms with E-state index < -0.39 is 17.7 Å². The number of rotatable bonds is 3. The minimum atomic E-state index is -0.652. The van der Waals surface area contributed by atoms with E-state index >= 15 is 0 Å². The maximum Gasteiger partial charge on any atom is 0.337 e. The Morgan fingerprint density at radius 2 is 2.10 bits per heavy atom. The molecular weight excluding hydrogens is 283 g/mol. The van der Waals surface area contributed by atoms with E-state index in [0.717, 1.165) is 17.4 Å². The number of amides is 1. The number of carbonyl (C=O) groups excluding carboxylic acids is 2. The zero-order valence-electron chi connectivity index (χ0n) is 10.5. The van der Waals surface area contributed by atoms with Crippen molar-refractivity contribution >= 4 is 34.6 Å². The van der Waals surface area contributed by atoms with Gasteiger partial charge in [-0.3, -0.25) is 4.79 Å². The highest BCUT2D eigenvalue weighted by atomic mass is 32.1. The second-order valence-electron chi connectivity index (χ2n) is 3.85. The highest BCUT2D eigenvalue weighted by molar-refractivity contribution is 7.12. The minimum Gasteiger partial charge on any atom is -0.465 e. The van der Waals surface area contributed by atoms with E-state index in [2.05, 4.69) is 10.1 Å². The predicted molar refractivity (Wildman–Crippen MR) is 74.4 cm³/mol. The first-order chi connectivity index (χ1) is 9.52. The van der Waals surface area contributed by atoms with Crippen LogP contribution in [-0.2, 0) is 4.74 Å². The molecule has 3 N–H and O–H groups in total. The summed E-state index contributed by atoms with van der Waals surface area (Å²) in [5.41, 5.74) is 5.97. The number of methoxy groups -OCH3 is 1. The molecule has 0 fully saturated rings. The summed E-state index contributed by atoms with van der Waals surface area (Å²) >= 11 is 1.15. The lowest BCUT2D eigenvalue weighted by molar-refractivity contribution is 0.0600. The van der Waals surface area contributed by atoms with Crippen molar-refractivity contribution in [3.63, 3.8) is 0 Å². The van der Waals surface area contributed by atoms with Crippen LogP contribution in [0.5, 0.6) is 0 Å². The standard InChI is InChI=1S/C13H11FN2O3S/c1-19-13(18)7-2-3-8(14)10(6-7)16-12(17)11-9(15)4-5-20-11/h2-6H,15H2,1H3,(H,16,17). The Morgan fingerprint density at radius 3 is 2.70 bits per heavy atom. The van der Waals surface area contributed by atoms with Crippen LogP contribution in [0.25, 0.3) is 0 Å². The van der Waals surface area contributed by atoms with Gasteiger partial charge in [0.1, 0.15) is 10.7 Å². The molecule has 0 radical (unpaired) electrons. The molecule has 2 aromatic rings. The van der Waals surface area contributed by atoms with Crippen LogP contribution in [0.2, 0.25) is 0 Å². The van der Waals surface area contributed by atoms with Crippen molar-refractivity contribution in [2.24, 2.45) is 0 Å². The van der Waals surface area contributed by atoms with Crippen LogP contribution < -0.4 is 11.1 Å². The number of anilines is 2. The number of hydrogen-bond donors (Lipinski definition) is 2. The Hall–Kier alpha value is -2.41. The Labute approximate surface area is 118 Å². The number of thiophene rings is 1. The van der Waals surface area contributed by atoms with Crippen LogP contribution in [0.1, 0.15) is 20.0 Å². The topological polar surface area (TPSA) is 81.4 Å². The predicted octanol–water partition coefficient (Wildman–Crippen LogP) is 2.51. The van der Waals surface area contributed by atoms with Crippen LogP contribution >= 0.6 is 11.3 Å². The first kappa shape index (κ1) is 14.0. The largest absolute Gasteiger partial charge is 0.465 e. The molecule has 0 atom stereocenters. The third-order valence-electron chi connectivity index (χ3n) is 2.54. The van der Waals surface area contributed by atoms with E-state index in [-0.39, 0.29) is 16.1 Å². The van der Waals surface area contributed by atoms with E-state index in [1.165, 1.54) is 19.2 Å². The summed E-state index contributed by atoms with van der Waals surface area (Å²) in [7, 11) is 1.22. The number of hydrogen-bond acceptors (Lipinski definition) is 5. The fourth-order valence-corrected chi connectivity index (χ4v) is 2.26. The maximum absolute atomic E-state index is 13.6. The van der Waals surface area contributed by atoms with Crippen molar-refractivity contribution in [1.82, 2.24) is 0 Å². The van der Waals surface area contributed by atoms with Gasteiger partial charge in [-0.1, -0.05) is 0 Å². The zero-order valence-corrected chi connectivity index (χ0v) is 11.3. The molecule has 0 spiro atoms. The highest BCUT2D eigenvalue weighted by Gasteiger charge is 2.15. The quantitative estimate of drug-likeness (QED) is 0.852. The molecule has 0 aliphatic rings. The van der Waals surface area contributed by atoms with Crippen LogP contribution in [0.4, 0.5) is 15.8 Å². The average Bonchev–Trinajstić information content (AvgIpc) is 2.86. The number of esters is 1.